The molecule has 1 aliphatic heterocycles. The first kappa shape index (κ1) is 42.8. The average Bonchev–Trinajstić information content (AvgIpc) is 2.98. The topological polar surface area (TPSA) is 167 Å². The van der Waals surface area contributed by atoms with Crippen LogP contribution in [-0.2, 0) is 27.8 Å². The van der Waals surface area contributed by atoms with Gasteiger partial charge in [-0.15, -0.1) is 0 Å². The molecule has 0 amide bonds. The standard InChI is InChI=1S/C32H66NO11P/c1-5-6-7-8-9-10-11-12-13-14-15-16-17-18-19-20-22-40-25-27(26-42-45(38,39)41-23-21-33(2,3)4)43-32-31(37)30(36)29(35)28(24-34)44-32/h27-32,34-37H,5-26H2,1-4H3/t27-,28-,29-,30+,31-,32-/m1/s1. The van der Waals surface area contributed by atoms with Crippen LogP contribution in [-0.4, -0.2) is 122 Å². The number of likely N-dealkylation sites (N-methyl/N-ethyl adjacent to an activating group) is 1. The predicted molar refractivity (Wildman–Crippen MR) is 171 cm³/mol. The summed E-state index contributed by atoms with van der Waals surface area (Å²) in [7, 11) is 1.06. The highest BCUT2D eigenvalue weighted by atomic mass is 31.2. The van der Waals surface area contributed by atoms with E-state index < -0.39 is 57.8 Å². The van der Waals surface area contributed by atoms with Crippen molar-refractivity contribution in [3.8, 4) is 0 Å². The second-order valence-corrected chi connectivity index (χ2v) is 14.8. The lowest BCUT2D eigenvalue weighted by atomic mass is 9.99. The molecule has 0 aromatic heterocycles. The molecule has 4 N–H and O–H groups in total. The summed E-state index contributed by atoms with van der Waals surface area (Å²) in [6.45, 7) is 1.93. The summed E-state index contributed by atoms with van der Waals surface area (Å²) in [5.41, 5.74) is 0. The number of aliphatic hydroxyl groups excluding tert-OH is 4. The Kier molecular flexibility index (Phi) is 23.7. The molecule has 0 aliphatic carbocycles. The number of hydrogen-bond donors (Lipinski definition) is 4. The van der Waals surface area contributed by atoms with E-state index in [9.17, 15) is 29.9 Å². The van der Waals surface area contributed by atoms with Crippen LogP contribution >= 0.6 is 7.82 Å². The molecule has 7 atom stereocenters. The smallest absolute Gasteiger partial charge is 0.268 e. The molecular weight excluding hydrogens is 605 g/mol. The van der Waals surface area contributed by atoms with Gasteiger partial charge in [0.15, 0.2) is 6.29 Å². The highest BCUT2D eigenvalue weighted by molar-refractivity contribution is 7.45. The van der Waals surface area contributed by atoms with Crippen LogP contribution in [0.25, 0.3) is 0 Å². The van der Waals surface area contributed by atoms with Gasteiger partial charge in [-0.3, -0.25) is 4.57 Å². The first-order valence-electron chi connectivity index (χ1n) is 17.3. The molecule has 0 radical (unpaired) electrons. The first-order valence-corrected chi connectivity index (χ1v) is 18.8. The molecular formula is C32H66NO11P. The van der Waals surface area contributed by atoms with Gasteiger partial charge in [-0.1, -0.05) is 103 Å². The molecule has 270 valence electrons. The van der Waals surface area contributed by atoms with Crippen LogP contribution in [0.1, 0.15) is 110 Å². The molecule has 1 aliphatic rings. The fourth-order valence-electron chi connectivity index (χ4n) is 5.10. The van der Waals surface area contributed by atoms with Gasteiger partial charge in [-0.25, -0.2) is 0 Å². The van der Waals surface area contributed by atoms with Crippen LogP contribution in [0.15, 0.2) is 0 Å². The molecule has 45 heavy (non-hydrogen) atoms. The quantitative estimate of drug-likeness (QED) is 0.0521. The van der Waals surface area contributed by atoms with Gasteiger partial charge in [-0.05, 0) is 6.42 Å². The number of aliphatic hydroxyl groups is 4. The maximum atomic E-state index is 12.3. The van der Waals surface area contributed by atoms with Gasteiger partial charge in [0.05, 0.1) is 41.0 Å². The lowest BCUT2D eigenvalue weighted by Crippen LogP contribution is -2.60. The molecule has 13 heteroatoms. The Balaban J connectivity index is 2.33. The summed E-state index contributed by atoms with van der Waals surface area (Å²) in [5.74, 6) is 0. The van der Waals surface area contributed by atoms with Gasteiger partial charge in [0, 0.05) is 6.61 Å². The second kappa shape index (κ2) is 24.9. The molecule has 1 rings (SSSR count). The summed E-state index contributed by atoms with van der Waals surface area (Å²) >= 11 is 0. The summed E-state index contributed by atoms with van der Waals surface area (Å²) < 4.78 is 39.7. The molecule has 0 spiro atoms. The number of phosphoric ester groups is 1. The van der Waals surface area contributed by atoms with E-state index in [-0.39, 0.29) is 13.2 Å². The average molecular weight is 672 g/mol. The monoisotopic (exact) mass is 671 g/mol. The minimum Gasteiger partial charge on any atom is -0.756 e. The Morgan fingerprint density at radius 2 is 1.24 bits per heavy atom. The Hall–Kier alpha value is -0.210. The van der Waals surface area contributed by atoms with Gasteiger partial charge < -0.3 is 53.1 Å². The molecule has 1 unspecified atom stereocenters. The van der Waals surface area contributed by atoms with Gasteiger partial charge in [0.2, 0.25) is 0 Å². The van der Waals surface area contributed by atoms with Gasteiger partial charge in [0.25, 0.3) is 7.82 Å². The number of unbranched alkanes of at least 4 members (excludes halogenated alkanes) is 15. The zero-order valence-corrected chi connectivity index (χ0v) is 29.5. The van der Waals surface area contributed by atoms with Crippen molar-refractivity contribution < 1.29 is 57.6 Å². The third-order valence-corrected chi connectivity index (χ3v) is 9.02. The van der Waals surface area contributed by atoms with E-state index in [2.05, 4.69) is 6.92 Å². The molecule has 0 bridgehead atoms. The van der Waals surface area contributed by atoms with Crippen molar-refractivity contribution in [1.29, 1.82) is 0 Å². The van der Waals surface area contributed by atoms with Gasteiger partial charge in [0.1, 0.15) is 43.7 Å². The van der Waals surface area contributed by atoms with Crippen molar-refractivity contribution in [2.45, 2.75) is 146 Å². The highest BCUT2D eigenvalue weighted by Crippen LogP contribution is 2.38. The van der Waals surface area contributed by atoms with Crippen molar-refractivity contribution in [2.75, 3.05) is 60.7 Å². The van der Waals surface area contributed by atoms with E-state index in [1.165, 1.54) is 83.5 Å². The fraction of sp³-hybridized carbons (Fsp3) is 1.00. The van der Waals surface area contributed by atoms with E-state index in [0.717, 1.165) is 19.3 Å². The third kappa shape index (κ3) is 21.4. The number of quaternary nitrogens is 1. The Morgan fingerprint density at radius 3 is 1.73 bits per heavy atom. The summed E-state index contributed by atoms with van der Waals surface area (Å²) in [5, 5.41) is 39.9. The number of rotatable bonds is 29. The summed E-state index contributed by atoms with van der Waals surface area (Å²) in [6, 6.07) is 0. The molecule has 0 aromatic rings. The molecule has 1 fully saturated rings. The largest absolute Gasteiger partial charge is 0.756 e. The number of phosphoric acid groups is 1. The maximum Gasteiger partial charge on any atom is 0.268 e. The predicted octanol–water partition coefficient (Wildman–Crippen LogP) is 3.66. The fourth-order valence-corrected chi connectivity index (χ4v) is 5.83. The zero-order chi connectivity index (χ0) is 33.6. The van der Waals surface area contributed by atoms with Gasteiger partial charge in [-0.2, -0.15) is 0 Å². The second-order valence-electron chi connectivity index (χ2n) is 13.4. The van der Waals surface area contributed by atoms with Crippen LogP contribution in [0.3, 0.4) is 0 Å². The van der Waals surface area contributed by atoms with Crippen molar-refractivity contribution in [1.82, 2.24) is 0 Å². The zero-order valence-electron chi connectivity index (χ0n) is 28.6. The number of ether oxygens (including phenoxy) is 3. The lowest BCUT2D eigenvalue weighted by Gasteiger charge is -2.41. The highest BCUT2D eigenvalue weighted by Gasteiger charge is 2.45. The molecule has 0 saturated carbocycles. The van der Waals surface area contributed by atoms with E-state index >= 15 is 0 Å². The van der Waals surface area contributed by atoms with E-state index in [0.29, 0.717) is 17.6 Å². The van der Waals surface area contributed by atoms with Gasteiger partial charge >= 0.3 is 0 Å². The number of hydrogen-bond acceptors (Lipinski definition) is 11. The van der Waals surface area contributed by atoms with Crippen LogP contribution in [0.4, 0.5) is 0 Å². The Morgan fingerprint density at radius 1 is 0.733 bits per heavy atom. The van der Waals surface area contributed by atoms with E-state index in [1.54, 1.807) is 0 Å². The number of nitrogens with zero attached hydrogens (tertiary/aromatic N) is 1. The normalized spacial score (nSPS) is 24.5. The lowest BCUT2D eigenvalue weighted by molar-refractivity contribution is -0.870. The van der Waals surface area contributed by atoms with Crippen molar-refractivity contribution in [3.63, 3.8) is 0 Å². The molecule has 0 aromatic carbocycles. The van der Waals surface area contributed by atoms with Crippen LogP contribution in [0, 0.1) is 0 Å². The van der Waals surface area contributed by atoms with E-state index in [1.807, 2.05) is 21.1 Å². The first-order chi connectivity index (χ1) is 21.4. The van der Waals surface area contributed by atoms with Crippen LogP contribution in [0.5, 0.6) is 0 Å². The third-order valence-electron chi connectivity index (χ3n) is 8.05. The Bertz CT molecular complexity index is 755. The maximum absolute atomic E-state index is 12.3. The van der Waals surface area contributed by atoms with Crippen molar-refractivity contribution in [3.05, 3.63) is 0 Å². The van der Waals surface area contributed by atoms with Crippen LogP contribution < -0.4 is 4.89 Å². The van der Waals surface area contributed by atoms with Crippen LogP contribution in [0.2, 0.25) is 0 Å². The molecule has 12 nitrogen and oxygen atoms in total. The van der Waals surface area contributed by atoms with Crippen molar-refractivity contribution >= 4 is 7.82 Å². The Labute approximate surface area is 272 Å². The minimum atomic E-state index is -4.65. The summed E-state index contributed by atoms with van der Waals surface area (Å²) in [6.07, 6.45) is 11.9. The SMILES string of the molecule is CCCCCCCCCCCCCCCCCCOC[C@H](COP(=O)([O-])OCC[N+](C)(C)C)O[C@@H]1O[C@H](CO)[C@@H](O)[C@H](O)[C@H]1O. The molecule has 1 saturated heterocycles. The van der Waals surface area contributed by atoms with Crippen molar-refractivity contribution in [2.24, 2.45) is 0 Å². The minimum absolute atomic E-state index is 0.0573. The van der Waals surface area contributed by atoms with E-state index in [4.69, 9.17) is 23.3 Å². The molecule has 1 heterocycles. The summed E-state index contributed by atoms with van der Waals surface area (Å²) in [4.78, 5) is 12.3.